The minimum absolute atomic E-state index is 0.0262. The number of amides is 1. The van der Waals surface area contributed by atoms with Gasteiger partial charge in [0.05, 0.1) is 6.10 Å². The van der Waals surface area contributed by atoms with Crippen LogP contribution in [0.2, 0.25) is 0 Å². The highest BCUT2D eigenvalue weighted by Crippen LogP contribution is 2.23. The molecule has 2 rings (SSSR count). The zero-order valence-electron chi connectivity index (χ0n) is 12.0. The second-order valence-electron chi connectivity index (χ2n) is 5.01. The summed E-state index contributed by atoms with van der Waals surface area (Å²) in [6, 6.07) is 7.98. The van der Waals surface area contributed by atoms with Crippen LogP contribution in [-0.4, -0.2) is 32.2 Å². The number of carbonyl (C=O) groups excluding carboxylic acids is 1. The smallest absolute Gasteiger partial charge is 0.224 e. The molecule has 1 saturated heterocycles. The number of hydrogen-bond donors (Lipinski definition) is 1. The first kappa shape index (κ1) is 14.6. The fourth-order valence-corrected chi connectivity index (χ4v) is 2.37. The van der Waals surface area contributed by atoms with Gasteiger partial charge in [0.25, 0.3) is 0 Å². The first-order chi connectivity index (χ1) is 9.72. The quantitative estimate of drug-likeness (QED) is 0.811. The molecule has 1 aliphatic rings. The van der Waals surface area contributed by atoms with E-state index in [9.17, 15) is 4.79 Å². The standard InChI is InChI=1S/C16H22N2O2/c1-3-4-5-16(19)17-13-6-8-14(9-7-13)18-11-10-15(12-18)20-2/h3,6-9,15H,1,4-5,10-12H2,2H3,(H,17,19). The highest BCUT2D eigenvalue weighted by atomic mass is 16.5. The van der Waals surface area contributed by atoms with Crippen molar-refractivity contribution in [2.24, 2.45) is 0 Å². The second-order valence-corrected chi connectivity index (χ2v) is 5.01. The van der Waals surface area contributed by atoms with Crippen molar-refractivity contribution in [2.75, 3.05) is 30.4 Å². The molecule has 0 spiro atoms. The van der Waals surface area contributed by atoms with Gasteiger partial charge in [0, 0.05) is 38.0 Å². The number of nitrogens with one attached hydrogen (secondary N) is 1. The monoisotopic (exact) mass is 274 g/mol. The molecule has 0 bridgehead atoms. The van der Waals surface area contributed by atoms with Crippen LogP contribution in [-0.2, 0) is 9.53 Å². The molecule has 0 aliphatic carbocycles. The van der Waals surface area contributed by atoms with Crippen molar-refractivity contribution < 1.29 is 9.53 Å². The molecule has 0 radical (unpaired) electrons. The van der Waals surface area contributed by atoms with Gasteiger partial charge in [-0.15, -0.1) is 6.58 Å². The number of ether oxygens (including phenoxy) is 1. The molecule has 0 aromatic heterocycles. The lowest BCUT2D eigenvalue weighted by Crippen LogP contribution is -2.22. The van der Waals surface area contributed by atoms with Crippen LogP contribution >= 0.6 is 0 Å². The third-order valence-corrected chi connectivity index (χ3v) is 3.57. The van der Waals surface area contributed by atoms with E-state index in [1.165, 1.54) is 5.69 Å². The molecular formula is C16H22N2O2. The number of benzene rings is 1. The van der Waals surface area contributed by atoms with E-state index in [1.807, 2.05) is 24.3 Å². The van der Waals surface area contributed by atoms with Gasteiger partial charge in [-0.2, -0.15) is 0 Å². The van der Waals surface area contributed by atoms with Crippen LogP contribution in [0.3, 0.4) is 0 Å². The van der Waals surface area contributed by atoms with Crippen LogP contribution in [0.5, 0.6) is 0 Å². The van der Waals surface area contributed by atoms with Gasteiger partial charge in [-0.1, -0.05) is 6.08 Å². The summed E-state index contributed by atoms with van der Waals surface area (Å²) in [5.74, 6) is 0.0262. The largest absolute Gasteiger partial charge is 0.380 e. The molecule has 1 N–H and O–H groups in total. The molecule has 1 aromatic carbocycles. The maximum atomic E-state index is 11.6. The Morgan fingerprint density at radius 2 is 2.25 bits per heavy atom. The van der Waals surface area contributed by atoms with Crippen LogP contribution < -0.4 is 10.2 Å². The van der Waals surface area contributed by atoms with Gasteiger partial charge in [-0.25, -0.2) is 0 Å². The van der Waals surface area contributed by atoms with E-state index in [0.717, 1.165) is 25.2 Å². The molecule has 108 valence electrons. The molecule has 0 saturated carbocycles. The average molecular weight is 274 g/mol. The van der Waals surface area contributed by atoms with E-state index in [4.69, 9.17) is 4.74 Å². The fraction of sp³-hybridized carbons (Fsp3) is 0.438. The summed E-state index contributed by atoms with van der Waals surface area (Å²) in [6.07, 6.45) is 4.33. The Morgan fingerprint density at radius 1 is 1.50 bits per heavy atom. The van der Waals surface area contributed by atoms with E-state index >= 15 is 0 Å². The highest BCUT2D eigenvalue weighted by molar-refractivity contribution is 5.90. The molecule has 1 atom stereocenters. The SMILES string of the molecule is C=CCCC(=O)Nc1ccc(N2CCC(OC)C2)cc1. The number of hydrogen-bond acceptors (Lipinski definition) is 3. The predicted octanol–water partition coefficient (Wildman–Crippen LogP) is 2.82. The molecule has 1 fully saturated rings. The van der Waals surface area contributed by atoms with Gasteiger partial charge in [-0.05, 0) is 37.1 Å². The van der Waals surface area contributed by atoms with Crippen LogP contribution in [0, 0.1) is 0 Å². The lowest BCUT2D eigenvalue weighted by atomic mass is 10.2. The topological polar surface area (TPSA) is 41.6 Å². The number of allylic oxidation sites excluding steroid dienone is 1. The summed E-state index contributed by atoms with van der Waals surface area (Å²) >= 11 is 0. The number of carbonyl (C=O) groups is 1. The van der Waals surface area contributed by atoms with E-state index in [1.54, 1.807) is 13.2 Å². The zero-order valence-corrected chi connectivity index (χ0v) is 12.0. The molecule has 1 unspecified atom stereocenters. The lowest BCUT2D eigenvalue weighted by Gasteiger charge is -2.18. The van der Waals surface area contributed by atoms with Crippen LogP contribution in [0.1, 0.15) is 19.3 Å². The van der Waals surface area contributed by atoms with Gasteiger partial charge < -0.3 is 15.0 Å². The molecule has 1 amide bonds. The third-order valence-electron chi connectivity index (χ3n) is 3.57. The van der Waals surface area contributed by atoms with E-state index in [0.29, 0.717) is 18.9 Å². The van der Waals surface area contributed by atoms with Crippen molar-refractivity contribution in [3.8, 4) is 0 Å². The summed E-state index contributed by atoms with van der Waals surface area (Å²) in [6.45, 7) is 5.56. The first-order valence-electron chi connectivity index (χ1n) is 7.01. The number of methoxy groups -OCH3 is 1. The van der Waals surface area contributed by atoms with Gasteiger partial charge in [0.1, 0.15) is 0 Å². The second kappa shape index (κ2) is 7.10. The summed E-state index contributed by atoms with van der Waals surface area (Å²) in [7, 11) is 1.76. The average Bonchev–Trinajstić information content (AvgIpc) is 2.95. The molecular weight excluding hydrogens is 252 g/mol. The molecule has 20 heavy (non-hydrogen) atoms. The van der Waals surface area contributed by atoms with Crippen molar-refractivity contribution >= 4 is 17.3 Å². The van der Waals surface area contributed by atoms with E-state index < -0.39 is 0 Å². The first-order valence-corrected chi connectivity index (χ1v) is 7.01. The number of nitrogens with zero attached hydrogens (tertiary/aromatic N) is 1. The minimum atomic E-state index is 0.0262. The van der Waals surface area contributed by atoms with E-state index in [-0.39, 0.29) is 5.91 Å². The molecule has 1 aliphatic heterocycles. The molecule has 1 aromatic rings. The van der Waals surface area contributed by atoms with Gasteiger partial charge in [-0.3, -0.25) is 4.79 Å². The number of anilines is 2. The van der Waals surface area contributed by atoms with Gasteiger partial charge in [0.15, 0.2) is 0 Å². The summed E-state index contributed by atoms with van der Waals surface area (Å²) in [5, 5.41) is 2.88. The fourth-order valence-electron chi connectivity index (χ4n) is 2.37. The van der Waals surface area contributed by atoms with E-state index in [2.05, 4.69) is 16.8 Å². The maximum Gasteiger partial charge on any atom is 0.224 e. The molecule has 4 nitrogen and oxygen atoms in total. The third kappa shape index (κ3) is 3.84. The Morgan fingerprint density at radius 3 is 2.85 bits per heavy atom. The Hall–Kier alpha value is -1.81. The Labute approximate surface area is 120 Å². The predicted molar refractivity (Wildman–Crippen MR) is 82.1 cm³/mol. The molecule has 4 heteroatoms. The van der Waals surface area contributed by atoms with Crippen LogP contribution in [0.15, 0.2) is 36.9 Å². The van der Waals surface area contributed by atoms with Gasteiger partial charge in [0.2, 0.25) is 5.91 Å². The summed E-state index contributed by atoms with van der Waals surface area (Å²) in [4.78, 5) is 13.9. The van der Waals surface area contributed by atoms with Crippen LogP contribution in [0.4, 0.5) is 11.4 Å². The Kier molecular flexibility index (Phi) is 5.18. The van der Waals surface area contributed by atoms with Crippen molar-refractivity contribution in [3.05, 3.63) is 36.9 Å². The zero-order chi connectivity index (χ0) is 14.4. The Balaban J connectivity index is 1.90. The normalized spacial score (nSPS) is 18.1. The minimum Gasteiger partial charge on any atom is -0.380 e. The van der Waals surface area contributed by atoms with Crippen molar-refractivity contribution in [2.45, 2.75) is 25.4 Å². The van der Waals surface area contributed by atoms with Gasteiger partial charge >= 0.3 is 0 Å². The van der Waals surface area contributed by atoms with Crippen molar-refractivity contribution in [3.63, 3.8) is 0 Å². The maximum absolute atomic E-state index is 11.6. The highest BCUT2D eigenvalue weighted by Gasteiger charge is 2.21. The summed E-state index contributed by atoms with van der Waals surface area (Å²) < 4.78 is 5.37. The summed E-state index contributed by atoms with van der Waals surface area (Å²) in [5.41, 5.74) is 2.01. The lowest BCUT2D eigenvalue weighted by molar-refractivity contribution is -0.116. The Bertz CT molecular complexity index is 456. The van der Waals surface area contributed by atoms with Crippen molar-refractivity contribution in [1.82, 2.24) is 0 Å². The molecule has 1 heterocycles. The number of rotatable bonds is 6. The van der Waals surface area contributed by atoms with Crippen LogP contribution in [0.25, 0.3) is 0 Å². The van der Waals surface area contributed by atoms with Crippen molar-refractivity contribution in [1.29, 1.82) is 0 Å².